The number of hydrogen-bond acceptors (Lipinski definition) is 5. The summed E-state index contributed by atoms with van der Waals surface area (Å²) in [6.07, 6.45) is 0. The monoisotopic (exact) mass is 291 g/mol. The van der Waals surface area contributed by atoms with Crippen LogP contribution in [0.25, 0.3) is 0 Å². The zero-order valence-corrected chi connectivity index (χ0v) is 11.2. The van der Waals surface area contributed by atoms with E-state index < -0.39 is 15.9 Å². The zero-order valence-electron chi connectivity index (χ0n) is 10.4. The number of carbonyl (C=O) groups excluding carboxylic acids is 1. The van der Waals surface area contributed by atoms with Gasteiger partial charge in [-0.3, -0.25) is 4.79 Å². The third kappa shape index (κ3) is 3.07. The topological polar surface area (TPSA) is 115 Å². The van der Waals surface area contributed by atoms with Crippen molar-refractivity contribution in [1.82, 2.24) is 4.72 Å². The Morgan fingerprint density at radius 3 is 2.20 bits per heavy atom. The predicted octanol–water partition coefficient (Wildman–Crippen LogP) is 0.970. The first-order valence-corrected chi connectivity index (χ1v) is 7.15. The molecule has 0 spiro atoms. The number of nitrogen functional groups attached to an aromatic ring is 2. The summed E-state index contributed by atoms with van der Waals surface area (Å²) in [5.41, 5.74) is 12.0. The van der Waals surface area contributed by atoms with Crippen LogP contribution in [-0.4, -0.2) is 14.3 Å². The van der Waals surface area contributed by atoms with Crippen molar-refractivity contribution in [2.75, 3.05) is 11.5 Å². The molecule has 0 radical (unpaired) electrons. The van der Waals surface area contributed by atoms with Gasteiger partial charge in [0, 0.05) is 16.9 Å². The fourth-order valence-corrected chi connectivity index (χ4v) is 2.58. The number of amides is 1. The van der Waals surface area contributed by atoms with Crippen LogP contribution < -0.4 is 16.2 Å². The fourth-order valence-electron chi connectivity index (χ4n) is 1.56. The first-order valence-electron chi connectivity index (χ1n) is 5.67. The van der Waals surface area contributed by atoms with E-state index >= 15 is 0 Å². The van der Waals surface area contributed by atoms with Gasteiger partial charge in [0.1, 0.15) is 0 Å². The second-order valence-corrected chi connectivity index (χ2v) is 5.81. The van der Waals surface area contributed by atoms with Crippen molar-refractivity contribution in [3.63, 3.8) is 0 Å². The standard InChI is InChI=1S/C13H13N3O3S/c14-10-6-4-9(5-7-10)13(17)16-20(18,19)12-3-1-2-11(15)8-12/h1-8H,14-15H2,(H,16,17). The van der Waals surface area contributed by atoms with Gasteiger partial charge in [0.15, 0.2) is 0 Å². The highest BCUT2D eigenvalue weighted by Gasteiger charge is 2.18. The van der Waals surface area contributed by atoms with Gasteiger partial charge in [0.2, 0.25) is 0 Å². The van der Waals surface area contributed by atoms with Crippen LogP contribution >= 0.6 is 0 Å². The molecule has 0 aliphatic heterocycles. The average molecular weight is 291 g/mol. The molecule has 0 saturated carbocycles. The molecule has 20 heavy (non-hydrogen) atoms. The highest BCUT2D eigenvalue weighted by atomic mass is 32.2. The lowest BCUT2D eigenvalue weighted by molar-refractivity contribution is 0.0981. The Morgan fingerprint density at radius 2 is 1.60 bits per heavy atom. The van der Waals surface area contributed by atoms with Gasteiger partial charge in [0.05, 0.1) is 4.90 Å². The lowest BCUT2D eigenvalue weighted by Gasteiger charge is -2.07. The highest BCUT2D eigenvalue weighted by molar-refractivity contribution is 7.90. The van der Waals surface area contributed by atoms with Crippen molar-refractivity contribution in [1.29, 1.82) is 0 Å². The quantitative estimate of drug-likeness (QED) is 0.729. The Labute approximate surface area is 116 Å². The van der Waals surface area contributed by atoms with Crippen LogP contribution in [0, 0.1) is 0 Å². The number of carbonyl (C=O) groups is 1. The summed E-state index contributed by atoms with van der Waals surface area (Å²) in [4.78, 5) is 11.8. The van der Waals surface area contributed by atoms with Gasteiger partial charge in [-0.05, 0) is 42.5 Å². The van der Waals surface area contributed by atoms with Gasteiger partial charge in [-0.1, -0.05) is 6.07 Å². The van der Waals surface area contributed by atoms with Gasteiger partial charge in [-0.2, -0.15) is 0 Å². The van der Waals surface area contributed by atoms with Crippen LogP contribution in [0.15, 0.2) is 53.4 Å². The first-order chi connectivity index (χ1) is 9.38. The fraction of sp³-hybridized carbons (Fsp3) is 0. The molecule has 2 aromatic carbocycles. The minimum atomic E-state index is -3.95. The van der Waals surface area contributed by atoms with Crippen LogP contribution in [0.3, 0.4) is 0 Å². The van der Waals surface area contributed by atoms with E-state index in [0.29, 0.717) is 11.4 Å². The van der Waals surface area contributed by atoms with Crippen molar-refractivity contribution >= 4 is 27.3 Å². The normalized spacial score (nSPS) is 11.0. The van der Waals surface area contributed by atoms with Crippen LogP contribution in [0.1, 0.15) is 10.4 Å². The average Bonchev–Trinajstić information content (AvgIpc) is 2.39. The van der Waals surface area contributed by atoms with E-state index in [-0.39, 0.29) is 10.5 Å². The number of nitrogens with two attached hydrogens (primary N) is 2. The van der Waals surface area contributed by atoms with Crippen LogP contribution in [-0.2, 0) is 10.0 Å². The molecule has 5 N–H and O–H groups in total. The third-order valence-corrected chi connectivity index (χ3v) is 3.90. The summed E-state index contributed by atoms with van der Waals surface area (Å²) >= 11 is 0. The molecule has 2 aromatic rings. The van der Waals surface area contributed by atoms with Crippen LogP contribution in [0.5, 0.6) is 0 Å². The summed E-state index contributed by atoms with van der Waals surface area (Å²) in [6.45, 7) is 0. The maximum absolute atomic E-state index is 12.0. The third-order valence-electron chi connectivity index (χ3n) is 2.57. The van der Waals surface area contributed by atoms with Crippen molar-refractivity contribution < 1.29 is 13.2 Å². The van der Waals surface area contributed by atoms with E-state index in [9.17, 15) is 13.2 Å². The summed E-state index contributed by atoms with van der Waals surface area (Å²) in [5.74, 6) is -0.729. The van der Waals surface area contributed by atoms with Gasteiger partial charge < -0.3 is 11.5 Å². The summed E-state index contributed by atoms with van der Waals surface area (Å²) in [5, 5.41) is 0. The number of sulfonamides is 1. The largest absolute Gasteiger partial charge is 0.399 e. The number of benzene rings is 2. The highest BCUT2D eigenvalue weighted by Crippen LogP contribution is 2.13. The molecule has 104 valence electrons. The van der Waals surface area contributed by atoms with Crippen molar-refractivity contribution in [3.05, 3.63) is 54.1 Å². The second-order valence-electron chi connectivity index (χ2n) is 4.13. The molecular weight excluding hydrogens is 278 g/mol. The molecule has 0 aliphatic carbocycles. The number of nitrogens with one attached hydrogen (secondary N) is 1. The number of hydrogen-bond donors (Lipinski definition) is 3. The van der Waals surface area contributed by atoms with Gasteiger partial charge >= 0.3 is 0 Å². The number of anilines is 2. The molecule has 1 amide bonds. The molecule has 2 rings (SSSR count). The SMILES string of the molecule is Nc1ccc(C(=O)NS(=O)(=O)c2cccc(N)c2)cc1. The van der Waals surface area contributed by atoms with E-state index in [4.69, 9.17) is 11.5 Å². The lowest BCUT2D eigenvalue weighted by Crippen LogP contribution is -2.30. The maximum atomic E-state index is 12.0. The summed E-state index contributed by atoms with van der Waals surface area (Å²) < 4.78 is 26.0. The Hall–Kier alpha value is -2.54. The molecule has 0 fully saturated rings. The van der Waals surface area contributed by atoms with Crippen molar-refractivity contribution in [3.8, 4) is 0 Å². The lowest BCUT2D eigenvalue weighted by atomic mass is 10.2. The molecule has 0 bridgehead atoms. The summed E-state index contributed by atoms with van der Waals surface area (Å²) in [6, 6.07) is 11.6. The molecule has 0 unspecified atom stereocenters. The molecule has 0 aliphatic rings. The van der Waals surface area contributed by atoms with E-state index in [2.05, 4.69) is 0 Å². The van der Waals surface area contributed by atoms with Crippen LogP contribution in [0.4, 0.5) is 11.4 Å². The summed E-state index contributed by atoms with van der Waals surface area (Å²) in [7, 11) is -3.95. The molecular formula is C13H13N3O3S. The van der Waals surface area contributed by atoms with Crippen molar-refractivity contribution in [2.45, 2.75) is 4.90 Å². The Bertz CT molecular complexity index is 740. The number of rotatable bonds is 3. The second kappa shape index (κ2) is 5.22. The molecule has 0 atom stereocenters. The molecule has 6 nitrogen and oxygen atoms in total. The predicted molar refractivity (Wildman–Crippen MR) is 76.4 cm³/mol. The molecule has 7 heteroatoms. The minimum Gasteiger partial charge on any atom is -0.399 e. The Balaban J connectivity index is 2.24. The Morgan fingerprint density at radius 1 is 0.950 bits per heavy atom. The minimum absolute atomic E-state index is 0.0682. The van der Waals surface area contributed by atoms with E-state index in [1.165, 1.54) is 42.5 Å². The molecule has 0 aromatic heterocycles. The van der Waals surface area contributed by atoms with E-state index in [1.54, 1.807) is 6.07 Å². The van der Waals surface area contributed by atoms with Crippen molar-refractivity contribution in [2.24, 2.45) is 0 Å². The van der Waals surface area contributed by atoms with Gasteiger partial charge in [-0.15, -0.1) is 0 Å². The smallest absolute Gasteiger partial charge is 0.264 e. The maximum Gasteiger partial charge on any atom is 0.264 e. The van der Waals surface area contributed by atoms with Gasteiger partial charge in [-0.25, -0.2) is 13.1 Å². The molecule has 0 saturated heterocycles. The molecule has 0 heterocycles. The van der Waals surface area contributed by atoms with E-state index in [0.717, 1.165) is 0 Å². The Kier molecular flexibility index (Phi) is 3.62. The zero-order chi connectivity index (χ0) is 14.8. The van der Waals surface area contributed by atoms with Gasteiger partial charge in [0.25, 0.3) is 15.9 Å². The van der Waals surface area contributed by atoms with E-state index in [1.807, 2.05) is 4.72 Å². The first kappa shape index (κ1) is 13.9. The van der Waals surface area contributed by atoms with Crippen LogP contribution in [0.2, 0.25) is 0 Å².